The summed E-state index contributed by atoms with van der Waals surface area (Å²) in [4.78, 5) is 23.6. The summed E-state index contributed by atoms with van der Waals surface area (Å²) >= 11 is 0. The van der Waals surface area contributed by atoms with Gasteiger partial charge in [-0.15, -0.1) is 0 Å². The van der Waals surface area contributed by atoms with E-state index in [1.54, 1.807) is 0 Å². The Balaban J connectivity index is 3.73. The quantitative estimate of drug-likeness (QED) is 0.295. The van der Waals surface area contributed by atoms with Gasteiger partial charge in [-0.1, -0.05) is 40.0 Å². The molecule has 1 unspecified atom stereocenters. The zero-order valence-corrected chi connectivity index (χ0v) is 19.6. The fourth-order valence-corrected chi connectivity index (χ4v) is 2.88. The van der Waals surface area contributed by atoms with Gasteiger partial charge in [-0.2, -0.15) is 0 Å². The molecule has 0 aromatic rings. The van der Waals surface area contributed by atoms with Crippen LogP contribution in [0.3, 0.4) is 0 Å². The lowest BCUT2D eigenvalue weighted by molar-refractivity contribution is 0.211. The summed E-state index contributed by atoms with van der Waals surface area (Å²) in [7, 11) is 0. The number of rotatable bonds is 13. The zero-order chi connectivity index (χ0) is 22.3. The second-order valence-corrected chi connectivity index (χ2v) is 10.1. The van der Waals surface area contributed by atoms with E-state index in [4.69, 9.17) is 0 Å². The van der Waals surface area contributed by atoms with Crippen LogP contribution in [0.15, 0.2) is 0 Å². The van der Waals surface area contributed by atoms with Crippen LogP contribution in [0, 0.1) is 5.41 Å². The monoisotopic (exact) mass is 414 g/mol. The minimum absolute atomic E-state index is 0.0852. The molecule has 7 nitrogen and oxygen atoms in total. The van der Waals surface area contributed by atoms with Crippen molar-refractivity contribution in [3.63, 3.8) is 0 Å². The van der Waals surface area contributed by atoms with E-state index < -0.39 is 0 Å². The SMILES string of the molecule is CC(C)(C)CCCCCCNC(=O)NC(CO)CCCCNC(=O)NC(C)(C)C. The van der Waals surface area contributed by atoms with Gasteiger partial charge in [0.1, 0.15) is 0 Å². The smallest absolute Gasteiger partial charge is 0.315 e. The van der Waals surface area contributed by atoms with Crippen molar-refractivity contribution < 1.29 is 14.7 Å². The Hall–Kier alpha value is -1.50. The van der Waals surface area contributed by atoms with Crippen molar-refractivity contribution in [1.29, 1.82) is 0 Å². The van der Waals surface area contributed by atoms with E-state index in [-0.39, 0.29) is 30.2 Å². The number of aliphatic hydroxyl groups is 1. The molecule has 29 heavy (non-hydrogen) atoms. The molecule has 0 radical (unpaired) electrons. The van der Waals surface area contributed by atoms with Crippen LogP contribution in [-0.4, -0.2) is 48.4 Å². The predicted octanol–water partition coefficient (Wildman–Crippen LogP) is 3.91. The molecule has 7 heteroatoms. The first-order chi connectivity index (χ1) is 13.4. The zero-order valence-electron chi connectivity index (χ0n) is 19.6. The van der Waals surface area contributed by atoms with Crippen molar-refractivity contribution in [2.45, 2.75) is 104 Å². The second kappa shape index (κ2) is 14.5. The van der Waals surface area contributed by atoms with Crippen LogP contribution in [0.2, 0.25) is 0 Å². The van der Waals surface area contributed by atoms with Crippen LogP contribution in [0.4, 0.5) is 9.59 Å². The summed E-state index contributed by atoms with van der Waals surface area (Å²) in [5.41, 5.74) is 0.141. The Labute approximate surface area is 178 Å². The number of nitrogens with one attached hydrogen (secondary N) is 4. The van der Waals surface area contributed by atoms with Gasteiger partial charge in [0.2, 0.25) is 0 Å². The molecule has 0 saturated heterocycles. The molecule has 0 bridgehead atoms. The summed E-state index contributed by atoms with van der Waals surface area (Å²) in [6, 6.07) is -0.654. The van der Waals surface area contributed by atoms with Gasteiger partial charge in [0.25, 0.3) is 0 Å². The summed E-state index contributed by atoms with van der Waals surface area (Å²) in [5.74, 6) is 0. The normalized spacial score (nSPS) is 12.9. The van der Waals surface area contributed by atoms with Crippen molar-refractivity contribution in [3.8, 4) is 0 Å². The van der Waals surface area contributed by atoms with Gasteiger partial charge in [-0.25, -0.2) is 9.59 Å². The standard InChI is InChI=1S/C22H46N4O3/c1-21(2,3)14-10-7-8-11-15-23-19(28)25-18(17-27)13-9-12-16-24-20(29)26-22(4,5)6/h18,27H,7-17H2,1-6H3,(H2,23,25,28)(H2,24,26,29). The Bertz CT molecular complexity index is 456. The second-order valence-electron chi connectivity index (χ2n) is 10.1. The average Bonchev–Trinajstić information content (AvgIpc) is 2.57. The van der Waals surface area contributed by atoms with Crippen molar-refractivity contribution in [1.82, 2.24) is 21.3 Å². The summed E-state index contributed by atoms with van der Waals surface area (Å²) < 4.78 is 0. The Morgan fingerprint density at radius 2 is 1.34 bits per heavy atom. The molecule has 0 aromatic carbocycles. The van der Waals surface area contributed by atoms with Crippen LogP contribution < -0.4 is 21.3 Å². The van der Waals surface area contributed by atoms with Gasteiger partial charge in [-0.05, 0) is 58.3 Å². The minimum atomic E-state index is -0.259. The lowest BCUT2D eigenvalue weighted by Crippen LogP contribution is -2.46. The van der Waals surface area contributed by atoms with Crippen molar-refractivity contribution in [3.05, 3.63) is 0 Å². The highest BCUT2D eigenvalue weighted by Gasteiger charge is 2.13. The molecule has 0 aliphatic carbocycles. The van der Waals surface area contributed by atoms with E-state index in [0.29, 0.717) is 24.9 Å². The molecule has 0 fully saturated rings. The van der Waals surface area contributed by atoms with Crippen molar-refractivity contribution in [2.75, 3.05) is 19.7 Å². The van der Waals surface area contributed by atoms with Gasteiger partial charge in [0, 0.05) is 18.6 Å². The largest absolute Gasteiger partial charge is 0.394 e. The molecular formula is C22H46N4O3. The van der Waals surface area contributed by atoms with Crippen LogP contribution in [0.1, 0.15) is 92.9 Å². The third-order valence-electron chi connectivity index (χ3n) is 4.45. The highest BCUT2D eigenvalue weighted by Crippen LogP contribution is 2.22. The fraction of sp³-hybridized carbons (Fsp3) is 0.909. The third-order valence-corrected chi connectivity index (χ3v) is 4.45. The molecule has 4 amide bonds. The van der Waals surface area contributed by atoms with Gasteiger partial charge in [0.05, 0.1) is 12.6 Å². The highest BCUT2D eigenvalue weighted by atomic mass is 16.3. The minimum Gasteiger partial charge on any atom is -0.394 e. The molecular weight excluding hydrogens is 368 g/mol. The predicted molar refractivity (Wildman–Crippen MR) is 120 cm³/mol. The number of urea groups is 2. The van der Waals surface area contributed by atoms with Crippen molar-refractivity contribution >= 4 is 12.1 Å². The Morgan fingerprint density at radius 1 is 0.793 bits per heavy atom. The van der Waals surface area contributed by atoms with E-state index in [2.05, 4.69) is 42.0 Å². The highest BCUT2D eigenvalue weighted by molar-refractivity contribution is 5.74. The number of aliphatic hydroxyl groups excluding tert-OH is 1. The molecule has 0 aromatic heterocycles. The summed E-state index contributed by atoms with van der Waals surface area (Å²) in [6.45, 7) is 13.7. The van der Waals surface area contributed by atoms with Crippen LogP contribution >= 0.6 is 0 Å². The van der Waals surface area contributed by atoms with E-state index in [1.807, 2.05) is 20.8 Å². The first-order valence-corrected chi connectivity index (χ1v) is 11.1. The van der Waals surface area contributed by atoms with Crippen LogP contribution in [0.25, 0.3) is 0 Å². The van der Waals surface area contributed by atoms with Crippen molar-refractivity contribution in [2.24, 2.45) is 5.41 Å². The molecule has 0 heterocycles. The van der Waals surface area contributed by atoms with E-state index in [9.17, 15) is 14.7 Å². The lowest BCUT2D eigenvalue weighted by Gasteiger charge is -2.21. The molecule has 0 rings (SSSR count). The Kier molecular flexibility index (Phi) is 13.7. The first-order valence-electron chi connectivity index (χ1n) is 11.1. The maximum absolute atomic E-state index is 11.9. The number of unbranched alkanes of at least 4 members (excludes halogenated alkanes) is 4. The number of amides is 4. The fourth-order valence-electron chi connectivity index (χ4n) is 2.88. The van der Waals surface area contributed by atoms with Gasteiger partial charge >= 0.3 is 12.1 Å². The molecule has 172 valence electrons. The molecule has 0 aliphatic heterocycles. The number of hydrogen-bond acceptors (Lipinski definition) is 3. The topological polar surface area (TPSA) is 102 Å². The van der Waals surface area contributed by atoms with Crippen LogP contribution in [-0.2, 0) is 0 Å². The molecule has 0 saturated carbocycles. The van der Waals surface area contributed by atoms with Crippen LogP contribution in [0.5, 0.6) is 0 Å². The number of carbonyl (C=O) groups excluding carboxylic acids is 2. The maximum atomic E-state index is 11.9. The first kappa shape index (κ1) is 27.5. The third kappa shape index (κ3) is 19.6. The van der Waals surface area contributed by atoms with E-state index in [1.165, 1.54) is 19.3 Å². The maximum Gasteiger partial charge on any atom is 0.315 e. The van der Waals surface area contributed by atoms with E-state index >= 15 is 0 Å². The van der Waals surface area contributed by atoms with Gasteiger partial charge < -0.3 is 26.4 Å². The molecule has 0 aliphatic rings. The Morgan fingerprint density at radius 3 is 1.90 bits per heavy atom. The summed E-state index contributed by atoms with van der Waals surface area (Å²) in [5, 5.41) is 20.8. The lowest BCUT2D eigenvalue weighted by atomic mass is 9.89. The summed E-state index contributed by atoms with van der Waals surface area (Å²) in [6.07, 6.45) is 8.05. The average molecular weight is 415 g/mol. The van der Waals surface area contributed by atoms with Gasteiger partial charge in [-0.3, -0.25) is 0 Å². The van der Waals surface area contributed by atoms with Gasteiger partial charge in [0.15, 0.2) is 0 Å². The molecule has 5 N–H and O–H groups in total. The number of hydrogen-bond donors (Lipinski definition) is 5. The molecule has 1 atom stereocenters. The van der Waals surface area contributed by atoms with E-state index in [0.717, 1.165) is 25.7 Å². The number of carbonyl (C=O) groups is 2. The molecule has 0 spiro atoms.